The van der Waals surface area contributed by atoms with Gasteiger partial charge in [0.05, 0.1) is 0 Å². The second-order valence-electron chi connectivity index (χ2n) is 5.01. The van der Waals surface area contributed by atoms with Gasteiger partial charge in [0.2, 0.25) is 0 Å². The third-order valence-corrected chi connectivity index (χ3v) is 3.80. The molecule has 100 valence electrons. The first-order valence-corrected chi connectivity index (χ1v) is 6.71. The Balaban J connectivity index is 2.23. The zero-order valence-corrected chi connectivity index (χ0v) is 11.6. The lowest BCUT2D eigenvalue weighted by Crippen LogP contribution is -2.01. The first-order valence-electron chi connectivity index (χ1n) is 6.71. The maximum absolute atomic E-state index is 10.5. The molecule has 1 aliphatic heterocycles. The van der Waals surface area contributed by atoms with Crippen molar-refractivity contribution in [2.75, 3.05) is 5.32 Å². The van der Waals surface area contributed by atoms with E-state index in [0.717, 1.165) is 33.7 Å². The van der Waals surface area contributed by atoms with Gasteiger partial charge in [0, 0.05) is 16.9 Å². The number of allylic oxidation sites excluding steroid dienone is 2. The summed E-state index contributed by atoms with van der Waals surface area (Å²) >= 11 is 0. The molecule has 0 unspecified atom stereocenters. The smallest absolute Gasteiger partial charge is 0.128 e. The highest BCUT2D eigenvalue weighted by molar-refractivity contribution is 5.90. The van der Waals surface area contributed by atoms with E-state index in [9.17, 15) is 5.11 Å². The minimum atomic E-state index is 0.344. The lowest BCUT2D eigenvalue weighted by molar-refractivity contribution is 0.508. The number of aliphatic hydroxyl groups is 1. The number of para-hydroxylation sites is 1. The van der Waals surface area contributed by atoms with Crippen LogP contribution in [0.15, 0.2) is 65.7 Å². The highest BCUT2D eigenvalue weighted by atomic mass is 16.3. The van der Waals surface area contributed by atoms with Crippen LogP contribution < -0.4 is 5.32 Å². The molecule has 1 heterocycles. The molecule has 0 fully saturated rings. The number of aliphatic hydroxyl groups excluding tert-OH is 1. The van der Waals surface area contributed by atoms with Crippen LogP contribution in [-0.2, 0) is 0 Å². The summed E-state index contributed by atoms with van der Waals surface area (Å²) in [4.78, 5) is 0. The molecule has 0 aliphatic carbocycles. The normalized spacial score (nSPS) is 14.7. The van der Waals surface area contributed by atoms with Gasteiger partial charge in [-0.25, -0.2) is 0 Å². The van der Waals surface area contributed by atoms with Crippen molar-refractivity contribution in [2.45, 2.75) is 13.8 Å². The number of hydrogen-bond acceptors (Lipinski definition) is 2. The maximum Gasteiger partial charge on any atom is 0.128 e. The minimum Gasteiger partial charge on any atom is -0.507 e. The Morgan fingerprint density at radius 2 is 1.45 bits per heavy atom. The van der Waals surface area contributed by atoms with Crippen molar-refractivity contribution in [3.8, 4) is 0 Å². The van der Waals surface area contributed by atoms with Crippen molar-refractivity contribution in [1.82, 2.24) is 0 Å². The maximum atomic E-state index is 10.5. The Hall–Kier alpha value is -2.48. The second-order valence-corrected chi connectivity index (χ2v) is 5.01. The third-order valence-electron chi connectivity index (χ3n) is 3.80. The molecule has 1 aliphatic rings. The Bertz CT molecular complexity index is 711. The summed E-state index contributed by atoms with van der Waals surface area (Å²) < 4.78 is 0. The summed E-state index contributed by atoms with van der Waals surface area (Å²) in [5.74, 6) is 0.344. The zero-order chi connectivity index (χ0) is 14.1. The molecule has 2 N–H and O–H groups in total. The van der Waals surface area contributed by atoms with Crippen LogP contribution >= 0.6 is 0 Å². The van der Waals surface area contributed by atoms with E-state index >= 15 is 0 Å². The van der Waals surface area contributed by atoms with Crippen LogP contribution in [0.25, 0.3) is 11.5 Å². The van der Waals surface area contributed by atoms with Gasteiger partial charge in [-0.2, -0.15) is 0 Å². The van der Waals surface area contributed by atoms with Crippen LogP contribution in [0.3, 0.4) is 0 Å². The van der Waals surface area contributed by atoms with Crippen molar-refractivity contribution in [3.05, 3.63) is 76.9 Å². The van der Waals surface area contributed by atoms with E-state index in [4.69, 9.17) is 0 Å². The van der Waals surface area contributed by atoms with Gasteiger partial charge in [-0.3, -0.25) is 0 Å². The third kappa shape index (κ3) is 1.99. The molecule has 0 amide bonds. The molecule has 2 heteroatoms. The quantitative estimate of drug-likeness (QED) is 0.772. The Morgan fingerprint density at radius 1 is 0.800 bits per heavy atom. The average Bonchev–Trinajstić information content (AvgIpc) is 2.60. The van der Waals surface area contributed by atoms with Gasteiger partial charge in [-0.15, -0.1) is 0 Å². The molecular formula is C18H17NO. The molecule has 2 aromatic carbocycles. The molecule has 3 rings (SSSR count). The van der Waals surface area contributed by atoms with E-state index in [2.05, 4.69) is 17.4 Å². The summed E-state index contributed by atoms with van der Waals surface area (Å²) in [6.07, 6.45) is 0. The topological polar surface area (TPSA) is 32.3 Å². The van der Waals surface area contributed by atoms with E-state index in [-0.39, 0.29) is 0 Å². The summed E-state index contributed by atoms with van der Waals surface area (Å²) in [6.45, 7) is 3.99. The summed E-state index contributed by atoms with van der Waals surface area (Å²) in [5, 5.41) is 13.9. The van der Waals surface area contributed by atoms with Gasteiger partial charge in [0.1, 0.15) is 5.76 Å². The van der Waals surface area contributed by atoms with E-state index in [0.29, 0.717) is 5.76 Å². The monoisotopic (exact) mass is 263 g/mol. The summed E-state index contributed by atoms with van der Waals surface area (Å²) in [7, 11) is 0. The molecular weight excluding hydrogens is 246 g/mol. The van der Waals surface area contributed by atoms with Gasteiger partial charge in [-0.1, -0.05) is 42.5 Å². The number of hydrogen-bond donors (Lipinski definition) is 2. The molecule has 0 aromatic heterocycles. The van der Waals surface area contributed by atoms with Gasteiger partial charge < -0.3 is 10.4 Å². The first kappa shape index (κ1) is 12.5. The highest BCUT2D eigenvalue weighted by Gasteiger charge is 2.18. The zero-order valence-electron chi connectivity index (χ0n) is 11.6. The lowest BCUT2D eigenvalue weighted by Gasteiger charge is -2.14. The van der Waals surface area contributed by atoms with Crippen molar-refractivity contribution >= 4 is 17.1 Å². The fourth-order valence-electron chi connectivity index (χ4n) is 2.49. The minimum absolute atomic E-state index is 0.344. The van der Waals surface area contributed by atoms with Crippen LogP contribution in [0, 0.1) is 0 Å². The van der Waals surface area contributed by atoms with Crippen LogP contribution in [0.5, 0.6) is 0 Å². The van der Waals surface area contributed by atoms with Gasteiger partial charge in [0.25, 0.3) is 0 Å². The van der Waals surface area contributed by atoms with Crippen molar-refractivity contribution in [2.24, 2.45) is 0 Å². The molecule has 0 atom stereocenters. The predicted octanol–water partition coefficient (Wildman–Crippen LogP) is 4.83. The van der Waals surface area contributed by atoms with Gasteiger partial charge in [0.15, 0.2) is 0 Å². The molecule has 0 spiro atoms. The van der Waals surface area contributed by atoms with Crippen LogP contribution in [0.1, 0.15) is 25.0 Å². The Morgan fingerprint density at radius 3 is 2.20 bits per heavy atom. The van der Waals surface area contributed by atoms with Crippen molar-refractivity contribution < 1.29 is 5.11 Å². The van der Waals surface area contributed by atoms with E-state index in [1.807, 2.05) is 56.3 Å². The Labute approximate surface area is 119 Å². The van der Waals surface area contributed by atoms with Gasteiger partial charge in [-0.05, 0) is 42.7 Å². The van der Waals surface area contributed by atoms with Crippen LogP contribution in [0.4, 0.5) is 5.69 Å². The number of anilines is 1. The molecule has 20 heavy (non-hydrogen) atoms. The van der Waals surface area contributed by atoms with Crippen molar-refractivity contribution in [1.29, 1.82) is 0 Å². The molecule has 0 saturated carbocycles. The fraction of sp³-hybridized carbons (Fsp3) is 0.111. The molecule has 0 bridgehead atoms. The van der Waals surface area contributed by atoms with E-state index in [1.54, 1.807) is 0 Å². The lowest BCUT2D eigenvalue weighted by atomic mass is 10.0. The van der Waals surface area contributed by atoms with E-state index < -0.39 is 0 Å². The molecule has 2 aromatic rings. The summed E-state index contributed by atoms with van der Waals surface area (Å²) in [5.41, 5.74) is 5.90. The predicted molar refractivity (Wildman–Crippen MR) is 84.3 cm³/mol. The number of nitrogens with one attached hydrogen (secondary N) is 1. The largest absolute Gasteiger partial charge is 0.507 e. The number of rotatable bonds is 1. The second kappa shape index (κ2) is 4.89. The van der Waals surface area contributed by atoms with Gasteiger partial charge >= 0.3 is 0 Å². The number of benzene rings is 2. The standard InChI is InChI=1S/C18H17NO/c1-12-13(2)18(20)15-10-6-7-11-16(15)19-17(12)14-8-4-3-5-9-14/h3-11,19-20H,1-2H3. The first-order chi connectivity index (χ1) is 9.68. The highest BCUT2D eigenvalue weighted by Crippen LogP contribution is 2.36. The molecule has 0 saturated heterocycles. The van der Waals surface area contributed by atoms with E-state index in [1.165, 1.54) is 0 Å². The SMILES string of the molecule is CC1=C(c2ccccc2)Nc2ccccc2C(O)=C1C. The Kier molecular flexibility index (Phi) is 3.07. The van der Waals surface area contributed by atoms with Crippen LogP contribution in [-0.4, -0.2) is 5.11 Å². The number of fused-ring (bicyclic) bond motifs is 1. The van der Waals surface area contributed by atoms with Crippen molar-refractivity contribution in [3.63, 3.8) is 0 Å². The fourth-order valence-corrected chi connectivity index (χ4v) is 2.49. The molecule has 0 radical (unpaired) electrons. The molecule has 2 nitrogen and oxygen atoms in total. The van der Waals surface area contributed by atoms with Crippen LogP contribution in [0.2, 0.25) is 0 Å². The average molecular weight is 263 g/mol. The summed E-state index contributed by atoms with van der Waals surface area (Å²) in [6, 6.07) is 18.0.